The van der Waals surface area contributed by atoms with Crippen LogP contribution in [0.1, 0.15) is 31.4 Å². The third kappa shape index (κ3) is 7.73. The van der Waals surface area contributed by atoms with Crippen LogP contribution in [-0.2, 0) is 11.2 Å². The Balaban J connectivity index is 1.80. The first-order chi connectivity index (χ1) is 17.7. The summed E-state index contributed by atoms with van der Waals surface area (Å²) in [4.78, 5) is 12.5. The molecule has 2 amide bonds. The lowest BCUT2D eigenvalue weighted by molar-refractivity contribution is -0.339. The minimum atomic E-state index is -4.82. The average molecular weight is 536 g/mol. The second-order valence-corrected chi connectivity index (χ2v) is 8.93. The third-order valence-corrected chi connectivity index (χ3v) is 5.81. The van der Waals surface area contributed by atoms with Crippen molar-refractivity contribution in [1.82, 2.24) is 10.7 Å². The number of nitrogens with zero attached hydrogens (tertiary/aromatic N) is 2. The van der Waals surface area contributed by atoms with E-state index in [9.17, 15) is 31.1 Å². The van der Waals surface area contributed by atoms with Gasteiger partial charge in [-0.1, -0.05) is 49.1 Å². The number of hydrogen-bond donors (Lipinski definition) is 2. The van der Waals surface area contributed by atoms with Crippen LogP contribution in [0.15, 0.2) is 64.9 Å². The zero-order valence-corrected chi connectivity index (χ0v) is 20.2. The maximum atomic E-state index is 13.4. The standard InChI is InChI=1S/C26H22F6N4O2/c1-16-12-20(9-10-21(16)38-26(30,31)32)34-23(37)36-35-22(13-17-5-7-18(15-33)8-6-17)24(2)11-3-4-19(14-24)25(27,28)29/h5-10,12,14,16,21H,11,13H2,1-2H3,(H2,34,36,37)/b35-22-. The fraction of sp³-hybridized carbons (Fsp3) is 0.346. The number of benzene rings is 1. The van der Waals surface area contributed by atoms with Crippen molar-refractivity contribution in [2.24, 2.45) is 16.4 Å². The summed E-state index contributed by atoms with van der Waals surface area (Å²) >= 11 is 0. The summed E-state index contributed by atoms with van der Waals surface area (Å²) in [6.07, 6.45) is -5.95. The number of hydrogen-bond acceptors (Lipinski definition) is 4. The van der Waals surface area contributed by atoms with Crippen LogP contribution in [0.2, 0.25) is 0 Å². The van der Waals surface area contributed by atoms with Gasteiger partial charge in [-0.3, -0.25) is 4.74 Å². The van der Waals surface area contributed by atoms with E-state index in [1.807, 2.05) is 6.07 Å². The molecule has 38 heavy (non-hydrogen) atoms. The first-order valence-corrected chi connectivity index (χ1v) is 11.2. The number of carbonyl (C=O) groups excluding carboxylic acids is 1. The molecule has 3 unspecified atom stereocenters. The van der Waals surface area contributed by atoms with Crippen molar-refractivity contribution < 1.29 is 35.9 Å². The normalized spacial score (nSPS) is 23.4. The second kappa shape index (κ2) is 11.2. The second-order valence-electron chi connectivity index (χ2n) is 8.93. The summed E-state index contributed by atoms with van der Waals surface area (Å²) in [5, 5.41) is 15.5. The molecule has 0 bridgehead atoms. The zero-order valence-electron chi connectivity index (χ0n) is 20.2. The number of rotatable bonds is 6. The van der Waals surface area contributed by atoms with Gasteiger partial charge in [-0.2, -0.15) is 23.5 Å². The van der Waals surface area contributed by atoms with E-state index >= 15 is 0 Å². The van der Waals surface area contributed by atoms with Crippen LogP contribution < -0.4 is 10.7 Å². The van der Waals surface area contributed by atoms with Crippen LogP contribution in [0.4, 0.5) is 31.1 Å². The quantitative estimate of drug-likeness (QED) is 0.213. The Labute approximate surface area is 214 Å². The molecular formula is C26H22F6N4O2. The Kier molecular flexibility index (Phi) is 8.38. The molecule has 3 rings (SSSR count). The van der Waals surface area contributed by atoms with Crippen LogP contribution in [-0.4, -0.2) is 30.4 Å². The number of hydrazone groups is 1. The SMILES string of the molecule is CC1C=C(NC(=O)N/N=C(/Cc2ccc(C#N)cc2)C2(C)C=C(C(F)(F)F)C#CC2)C=CC1OC(F)(F)F. The number of nitrogens with one attached hydrogen (secondary N) is 2. The van der Waals surface area contributed by atoms with Crippen molar-refractivity contribution in [1.29, 1.82) is 5.26 Å². The highest BCUT2D eigenvalue weighted by Crippen LogP contribution is 2.36. The highest BCUT2D eigenvalue weighted by Gasteiger charge is 2.39. The first-order valence-electron chi connectivity index (χ1n) is 11.2. The molecule has 0 radical (unpaired) electrons. The fourth-order valence-electron chi connectivity index (χ4n) is 3.80. The fourth-order valence-corrected chi connectivity index (χ4v) is 3.80. The molecule has 1 aromatic carbocycles. The number of halogens is 6. The molecule has 2 N–H and O–H groups in total. The van der Waals surface area contributed by atoms with Gasteiger partial charge in [0, 0.05) is 29.9 Å². The van der Waals surface area contributed by atoms with E-state index < -0.39 is 41.6 Å². The molecule has 1 aromatic rings. The molecule has 2 aliphatic rings. The number of amides is 2. The minimum Gasteiger partial charge on any atom is -0.307 e. The van der Waals surface area contributed by atoms with Gasteiger partial charge in [0.15, 0.2) is 0 Å². The van der Waals surface area contributed by atoms with Crippen LogP contribution in [0.3, 0.4) is 0 Å². The Morgan fingerprint density at radius 1 is 1.24 bits per heavy atom. The maximum Gasteiger partial charge on any atom is 0.523 e. The minimum absolute atomic E-state index is 0.0109. The molecule has 0 saturated carbocycles. The molecule has 0 aromatic heterocycles. The van der Waals surface area contributed by atoms with Crippen molar-refractivity contribution >= 4 is 11.7 Å². The topological polar surface area (TPSA) is 86.5 Å². The van der Waals surface area contributed by atoms with Gasteiger partial charge in [0.2, 0.25) is 0 Å². The number of alkyl halides is 6. The Morgan fingerprint density at radius 3 is 2.50 bits per heavy atom. The van der Waals surface area contributed by atoms with Gasteiger partial charge in [-0.05, 0) is 30.7 Å². The maximum absolute atomic E-state index is 13.4. The summed E-state index contributed by atoms with van der Waals surface area (Å²) in [7, 11) is 0. The predicted octanol–water partition coefficient (Wildman–Crippen LogP) is 5.65. The molecule has 0 aliphatic heterocycles. The number of carbonyl (C=O) groups is 1. The van der Waals surface area contributed by atoms with Crippen molar-refractivity contribution in [3.8, 4) is 17.9 Å². The predicted molar refractivity (Wildman–Crippen MR) is 126 cm³/mol. The molecule has 12 heteroatoms. The Morgan fingerprint density at radius 2 is 1.92 bits per heavy atom. The molecule has 0 spiro atoms. The van der Waals surface area contributed by atoms with Crippen molar-refractivity contribution in [3.05, 3.63) is 71.0 Å². The summed E-state index contributed by atoms with van der Waals surface area (Å²) < 4.78 is 81.7. The van der Waals surface area contributed by atoms with Gasteiger partial charge in [-0.25, -0.2) is 10.2 Å². The molecular weight excluding hydrogens is 514 g/mol. The number of allylic oxidation sites excluding steroid dienone is 3. The van der Waals surface area contributed by atoms with E-state index in [4.69, 9.17) is 5.26 Å². The van der Waals surface area contributed by atoms with Gasteiger partial charge in [-0.15, -0.1) is 13.2 Å². The summed E-state index contributed by atoms with van der Waals surface area (Å²) in [5.41, 5.74) is 1.34. The summed E-state index contributed by atoms with van der Waals surface area (Å²) in [6.45, 7) is 2.99. The number of nitriles is 1. The van der Waals surface area contributed by atoms with Gasteiger partial charge in [0.05, 0.1) is 23.4 Å². The molecule has 0 saturated heterocycles. The highest BCUT2D eigenvalue weighted by molar-refractivity contribution is 5.95. The average Bonchev–Trinajstić information content (AvgIpc) is 2.82. The van der Waals surface area contributed by atoms with Crippen LogP contribution >= 0.6 is 0 Å². The van der Waals surface area contributed by atoms with Crippen molar-refractivity contribution in [2.75, 3.05) is 0 Å². The van der Waals surface area contributed by atoms with Crippen LogP contribution in [0.5, 0.6) is 0 Å². The van der Waals surface area contributed by atoms with Gasteiger partial charge >= 0.3 is 18.6 Å². The Bertz CT molecular complexity index is 1290. The zero-order chi connectivity index (χ0) is 28.1. The van der Waals surface area contributed by atoms with E-state index in [-0.39, 0.29) is 24.3 Å². The van der Waals surface area contributed by atoms with E-state index in [2.05, 4.69) is 32.4 Å². The van der Waals surface area contributed by atoms with E-state index in [0.717, 1.165) is 12.2 Å². The smallest absolute Gasteiger partial charge is 0.307 e. The highest BCUT2D eigenvalue weighted by atomic mass is 19.4. The first kappa shape index (κ1) is 28.5. The van der Waals surface area contributed by atoms with E-state index in [1.54, 1.807) is 24.3 Å². The number of ether oxygens (including phenoxy) is 1. The third-order valence-electron chi connectivity index (χ3n) is 5.81. The summed E-state index contributed by atoms with van der Waals surface area (Å²) in [5.74, 6) is 3.87. The lowest BCUT2D eigenvalue weighted by atomic mass is 9.76. The van der Waals surface area contributed by atoms with E-state index in [1.165, 1.54) is 26.0 Å². The lowest BCUT2D eigenvalue weighted by Gasteiger charge is -2.29. The van der Waals surface area contributed by atoms with Gasteiger partial charge < -0.3 is 5.32 Å². The molecule has 0 heterocycles. The van der Waals surface area contributed by atoms with Gasteiger partial charge in [0.25, 0.3) is 0 Å². The lowest BCUT2D eigenvalue weighted by Crippen LogP contribution is -2.37. The molecule has 200 valence electrons. The van der Waals surface area contributed by atoms with E-state index in [0.29, 0.717) is 11.1 Å². The monoisotopic (exact) mass is 536 g/mol. The van der Waals surface area contributed by atoms with Crippen molar-refractivity contribution in [2.45, 2.75) is 45.3 Å². The largest absolute Gasteiger partial charge is 0.523 e. The van der Waals surface area contributed by atoms with Crippen molar-refractivity contribution in [3.63, 3.8) is 0 Å². The molecule has 0 fully saturated rings. The summed E-state index contributed by atoms with van der Waals surface area (Å²) in [6, 6.07) is 7.46. The number of urea groups is 1. The molecule has 6 nitrogen and oxygen atoms in total. The van der Waals surface area contributed by atoms with Gasteiger partial charge in [0.1, 0.15) is 5.57 Å². The molecule has 3 atom stereocenters. The van der Waals surface area contributed by atoms with Crippen LogP contribution in [0, 0.1) is 34.5 Å². The molecule has 2 aliphatic carbocycles. The Hall–Kier alpha value is -4.03. The van der Waals surface area contributed by atoms with Crippen LogP contribution in [0.25, 0.3) is 0 Å².